The predicted molar refractivity (Wildman–Crippen MR) is 52.9 cm³/mol. The number of hydrogen-bond donors (Lipinski definition) is 1. The van der Waals surface area contributed by atoms with Gasteiger partial charge in [-0.3, -0.25) is 9.69 Å². The molecule has 0 aromatic rings. The molecule has 0 spiro atoms. The molecule has 0 bridgehead atoms. The molecule has 1 aliphatic rings. The number of aliphatic hydroxyl groups excluding tert-OH is 1. The van der Waals surface area contributed by atoms with Gasteiger partial charge in [-0.15, -0.1) is 0 Å². The first-order valence-electron chi connectivity index (χ1n) is 5.18. The van der Waals surface area contributed by atoms with Crippen LogP contribution in [0.1, 0.15) is 27.2 Å². The largest absolute Gasteiger partial charge is 0.465 e. The molecule has 1 N–H and O–H groups in total. The Kier molecular flexibility index (Phi) is 3.89. The lowest BCUT2D eigenvalue weighted by atomic mass is 10.1. The molecule has 0 aromatic heterocycles. The highest BCUT2D eigenvalue weighted by Crippen LogP contribution is 2.21. The number of carbonyl (C=O) groups excluding carboxylic acids is 1. The zero-order chi connectivity index (χ0) is 10.7. The van der Waals surface area contributed by atoms with Crippen LogP contribution in [-0.4, -0.2) is 47.3 Å². The standard InChI is InChI=1S/C10H19NO3/c1-4-14-10(13)9-8(12)5-6-11(9)7(2)3/h7-9,12H,4-6H2,1-3H3/t8-,9-/m0/s1. The Balaban J connectivity index is 2.66. The van der Waals surface area contributed by atoms with E-state index in [0.717, 1.165) is 6.54 Å². The SMILES string of the molecule is CCOC(=O)[C@@H]1[C@@H](O)CCN1C(C)C. The van der Waals surface area contributed by atoms with Crippen LogP contribution in [0.4, 0.5) is 0 Å². The number of hydrogen-bond acceptors (Lipinski definition) is 4. The van der Waals surface area contributed by atoms with Gasteiger partial charge in [0.25, 0.3) is 0 Å². The van der Waals surface area contributed by atoms with Crippen molar-refractivity contribution in [2.24, 2.45) is 0 Å². The molecule has 0 unspecified atom stereocenters. The van der Waals surface area contributed by atoms with Crippen molar-refractivity contribution in [1.29, 1.82) is 0 Å². The van der Waals surface area contributed by atoms with E-state index in [1.165, 1.54) is 0 Å². The van der Waals surface area contributed by atoms with Crippen molar-refractivity contribution in [3.8, 4) is 0 Å². The average molecular weight is 201 g/mol. The summed E-state index contributed by atoms with van der Waals surface area (Å²) in [5.74, 6) is -0.300. The maximum atomic E-state index is 11.5. The van der Waals surface area contributed by atoms with Crippen LogP contribution in [0.25, 0.3) is 0 Å². The van der Waals surface area contributed by atoms with Gasteiger partial charge in [0.15, 0.2) is 0 Å². The van der Waals surface area contributed by atoms with Crippen LogP contribution < -0.4 is 0 Å². The molecule has 82 valence electrons. The van der Waals surface area contributed by atoms with E-state index >= 15 is 0 Å². The van der Waals surface area contributed by atoms with Crippen molar-refractivity contribution in [2.75, 3.05) is 13.2 Å². The summed E-state index contributed by atoms with van der Waals surface area (Å²) in [7, 11) is 0. The topological polar surface area (TPSA) is 49.8 Å². The third kappa shape index (κ3) is 2.25. The third-order valence-corrected chi connectivity index (χ3v) is 2.60. The number of carbonyl (C=O) groups is 1. The quantitative estimate of drug-likeness (QED) is 0.671. The number of likely N-dealkylation sites (tertiary alicyclic amines) is 1. The highest BCUT2D eigenvalue weighted by atomic mass is 16.5. The van der Waals surface area contributed by atoms with E-state index in [1.54, 1.807) is 6.92 Å². The van der Waals surface area contributed by atoms with Gasteiger partial charge in [0.1, 0.15) is 6.04 Å². The summed E-state index contributed by atoms with van der Waals surface area (Å²) in [5, 5.41) is 9.66. The highest BCUT2D eigenvalue weighted by molar-refractivity contribution is 5.77. The summed E-state index contributed by atoms with van der Waals surface area (Å²) < 4.78 is 4.94. The Hall–Kier alpha value is -0.610. The first-order chi connectivity index (χ1) is 6.57. The van der Waals surface area contributed by atoms with Crippen LogP contribution in [0.15, 0.2) is 0 Å². The molecule has 0 amide bonds. The van der Waals surface area contributed by atoms with Gasteiger partial charge in [-0.25, -0.2) is 0 Å². The van der Waals surface area contributed by atoms with E-state index in [1.807, 2.05) is 18.7 Å². The minimum Gasteiger partial charge on any atom is -0.465 e. The van der Waals surface area contributed by atoms with Gasteiger partial charge in [0.2, 0.25) is 0 Å². The fraction of sp³-hybridized carbons (Fsp3) is 0.900. The minimum atomic E-state index is -0.573. The Morgan fingerprint density at radius 3 is 2.79 bits per heavy atom. The van der Waals surface area contributed by atoms with E-state index in [9.17, 15) is 9.90 Å². The molecule has 1 aliphatic heterocycles. The van der Waals surface area contributed by atoms with Gasteiger partial charge >= 0.3 is 5.97 Å². The molecule has 0 radical (unpaired) electrons. The van der Waals surface area contributed by atoms with Crippen LogP contribution in [0.5, 0.6) is 0 Å². The number of ether oxygens (including phenoxy) is 1. The second-order valence-electron chi connectivity index (χ2n) is 3.88. The van der Waals surface area contributed by atoms with Gasteiger partial charge in [-0.05, 0) is 27.2 Å². The fourth-order valence-electron chi connectivity index (χ4n) is 1.90. The summed E-state index contributed by atoms with van der Waals surface area (Å²) in [5.41, 5.74) is 0. The molecule has 1 heterocycles. The van der Waals surface area contributed by atoms with E-state index in [-0.39, 0.29) is 12.0 Å². The van der Waals surface area contributed by atoms with Crippen LogP contribution in [-0.2, 0) is 9.53 Å². The number of rotatable bonds is 3. The third-order valence-electron chi connectivity index (χ3n) is 2.60. The average Bonchev–Trinajstić information content (AvgIpc) is 2.47. The van der Waals surface area contributed by atoms with Gasteiger partial charge < -0.3 is 9.84 Å². The van der Waals surface area contributed by atoms with Crippen LogP contribution >= 0.6 is 0 Å². The fourth-order valence-corrected chi connectivity index (χ4v) is 1.90. The van der Waals surface area contributed by atoms with Gasteiger partial charge in [-0.2, -0.15) is 0 Å². The van der Waals surface area contributed by atoms with Crippen molar-refractivity contribution in [3.05, 3.63) is 0 Å². The minimum absolute atomic E-state index is 0.265. The highest BCUT2D eigenvalue weighted by Gasteiger charge is 2.40. The first kappa shape index (κ1) is 11.5. The van der Waals surface area contributed by atoms with E-state index in [4.69, 9.17) is 4.74 Å². The lowest BCUT2D eigenvalue weighted by Gasteiger charge is -2.27. The molecular weight excluding hydrogens is 182 g/mol. The Labute approximate surface area is 84.8 Å². The molecule has 1 fully saturated rings. The van der Waals surface area contributed by atoms with Crippen molar-refractivity contribution in [3.63, 3.8) is 0 Å². The summed E-state index contributed by atoms with van der Waals surface area (Å²) in [6.45, 7) is 6.95. The molecule has 2 atom stereocenters. The van der Waals surface area contributed by atoms with Crippen LogP contribution in [0.2, 0.25) is 0 Å². The van der Waals surface area contributed by atoms with Gasteiger partial charge in [0.05, 0.1) is 12.7 Å². The molecule has 0 aromatic carbocycles. The Morgan fingerprint density at radius 1 is 1.64 bits per heavy atom. The Bertz CT molecular complexity index is 206. The molecule has 1 saturated heterocycles. The molecular formula is C10H19NO3. The number of esters is 1. The van der Waals surface area contributed by atoms with Crippen molar-refractivity contribution >= 4 is 5.97 Å². The van der Waals surface area contributed by atoms with Crippen molar-refractivity contribution in [2.45, 2.75) is 45.4 Å². The lowest BCUT2D eigenvalue weighted by molar-refractivity contribution is -0.152. The maximum Gasteiger partial charge on any atom is 0.326 e. The van der Waals surface area contributed by atoms with Gasteiger partial charge in [0, 0.05) is 12.6 Å². The van der Waals surface area contributed by atoms with Crippen molar-refractivity contribution < 1.29 is 14.6 Å². The van der Waals surface area contributed by atoms with Crippen molar-refractivity contribution in [1.82, 2.24) is 4.90 Å². The molecule has 4 nitrogen and oxygen atoms in total. The zero-order valence-electron chi connectivity index (χ0n) is 9.06. The van der Waals surface area contributed by atoms with Gasteiger partial charge in [-0.1, -0.05) is 0 Å². The first-order valence-corrected chi connectivity index (χ1v) is 5.18. The second kappa shape index (κ2) is 4.75. The zero-order valence-corrected chi connectivity index (χ0v) is 9.06. The van der Waals surface area contributed by atoms with Crippen LogP contribution in [0, 0.1) is 0 Å². The summed E-state index contributed by atoms with van der Waals surface area (Å²) >= 11 is 0. The molecule has 0 aliphatic carbocycles. The molecule has 1 rings (SSSR count). The molecule has 0 saturated carbocycles. The summed E-state index contributed by atoms with van der Waals surface area (Å²) in [6.07, 6.45) is 0.0817. The lowest BCUT2D eigenvalue weighted by Crippen LogP contribution is -2.46. The van der Waals surface area contributed by atoms with E-state index in [0.29, 0.717) is 13.0 Å². The van der Waals surface area contributed by atoms with E-state index < -0.39 is 12.1 Å². The monoisotopic (exact) mass is 201 g/mol. The second-order valence-corrected chi connectivity index (χ2v) is 3.88. The molecule has 4 heteroatoms. The predicted octanol–water partition coefficient (Wildman–Crippen LogP) is 0.393. The maximum absolute atomic E-state index is 11.5. The molecule has 14 heavy (non-hydrogen) atoms. The smallest absolute Gasteiger partial charge is 0.326 e. The normalized spacial score (nSPS) is 28.4. The Morgan fingerprint density at radius 2 is 2.29 bits per heavy atom. The van der Waals surface area contributed by atoms with E-state index in [2.05, 4.69) is 0 Å². The number of aliphatic hydroxyl groups is 1. The summed E-state index contributed by atoms with van der Waals surface area (Å²) in [6, 6.07) is -0.198. The van der Waals surface area contributed by atoms with Crippen LogP contribution in [0.3, 0.4) is 0 Å². The number of nitrogens with zero attached hydrogens (tertiary/aromatic N) is 1. The summed E-state index contributed by atoms with van der Waals surface area (Å²) in [4.78, 5) is 13.5.